The van der Waals surface area contributed by atoms with Gasteiger partial charge in [-0.2, -0.15) is 0 Å². The summed E-state index contributed by atoms with van der Waals surface area (Å²) in [5.41, 5.74) is 0.0309. The van der Waals surface area contributed by atoms with Gasteiger partial charge in [-0.3, -0.25) is 9.69 Å². The minimum Gasteiger partial charge on any atom is -0.466 e. The van der Waals surface area contributed by atoms with Gasteiger partial charge in [-0.15, -0.1) is 0 Å². The second-order valence-electron chi connectivity index (χ2n) is 6.37. The van der Waals surface area contributed by atoms with Crippen molar-refractivity contribution in [1.82, 2.24) is 4.90 Å². The lowest BCUT2D eigenvalue weighted by atomic mass is 9.73. The van der Waals surface area contributed by atoms with Crippen LogP contribution in [0.1, 0.15) is 65.2 Å². The summed E-state index contributed by atoms with van der Waals surface area (Å²) in [7, 11) is 0. The Labute approximate surface area is 117 Å². The lowest BCUT2D eigenvalue weighted by Gasteiger charge is -2.46. The van der Waals surface area contributed by atoms with Gasteiger partial charge >= 0.3 is 5.97 Å². The first-order chi connectivity index (χ1) is 9.16. The van der Waals surface area contributed by atoms with E-state index in [2.05, 4.69) is 11.8 Å². The molecule has 0 bridgehead atoms. The van der Waals surface area contributed by atoms with Crippen LogP contribution in [-0.4, -0.2) is 36.1 Å². The summed E-state index contributed by atoms with van der Waals surface area (Å²) in [6.45, 7) is 7.02. The number of carbonyl (C=O) groups excluding carboxylic acids is 1. The van der Waals surface area contributed by atoms with E-state index < -0.39 is 0 Å². The Balaban J connectivity index is 2.08. The average molecular weight is 267 g/mol. The maximum absolute atomic E-state index is 12.0. The summed E-state index contributed by atoms with van der Waals surface area (Å²) < 4.78 is 5.22. The number of hydrogen-bond acceptors (Lipinski definition) is 3. The van der Waals surface area contributed by atoms with Crippen molar-refractivity contribution in [3.63, 3.8) is 0 Å². The summed E-state index contributed by atoms with van der Waals surface area (Å²) in [5.74, 6) is 0.659. The second kappa shape index (κ2) is 6.74. The first-order valence-corrected chi connectivity index (χ1v) is 8.07. The van der Waals surface area contributed by atoms with Gasteiger partial charge in [0.1, 0.15) is 0 Å². The molecule has 0 aromatic rings. The van der Waals surface area contributed by atoms with Gasteiger partial charge in [0.2, 0.25) is 0 Å². The molecular weight excluding hydrogens is 238 g/mol. The molecule has 110 valence electrons. The van der Waals surface area contributed by atoms with E-state index in [9.17, 15) is 4.79 Å². The molecule has 1 aliphatic carbocycles. The molecule has 3 heteroatoms. The molecule has 3 nitrogen and oxygen atoms in total. The summed E-state index contributed by atoms with van der Waals surface area (Å²) in [6, 6.07) is 0. The van der Waals surface area contributed by atoms with E-state index in [4.69, 9.17) is 4.74 Å². The molecule has 1 aliphatic heterocycles. The summed E-state index contributed by atoms with van der Waals surface area (Å²) in [4.78, 5) is 14.6. The zero-order chi connectivity index (χ0) is 13.7. The van der Waals surface area contributed by atoms with Crippen molar-refractivity contribution in [3.8, 4) is 0 Å². The Kier molecular flexibility index (Phi) is 5.26. The molecule has 1 saturated heterocycles. The van der Waals surface area contributed by atoms with Crippen LogP contribution < -0.4 is 0 Å². The number of likely N-dealkylation sites (tertiary alicyclic amines) is 1. The van der Waals surface area contributed by atoms with E-state index in [-0.39, 0.29) is 11.5 Å². The lowest BCUT2D eigenvalue weighted by Crippen LogP contribution is -2.52. The fourth-order valence-electron chi connectivity index (χ4n) is 3.97. The van der Waals surface area contributed by atoms with Crippen LogP contribution in [0.4, 0.5) is 0 Å². The third kappa shape index (κ3) is 3.50. The molecule has 0 aromatic heterocycles. The van der Waals surface area contributed by atoms with E-state index >= 15 is 0 Å². The second-order valence-corrected chi connectivity index (χ2v) is 6.37. The number of ether oxygens (including phenoxy) is 1. The topological polar surface area (TPSA) is 29.5 Å². The Bertz CT molecular complexity index is 293. The zero-order valence-corrected chi connectivity index (χ0v) is 12.6. The maximum Gasteiger partial charge on any atom is 0.307 e. The van der Waals surface area contributed by atoms with Crippen molar-refractivity contribution < 1.29 is 9.53 Å². The van der Waals surface area contributed by atoms with Crippen molar-refractivity contribution in [2.75, 3.05) is 19.7 Å². The van der Waals surface area contributed by atoms with Crippen LogP contribution in [0.3, 0.4) is 0 Å². The van der Waals surface area contributed by atoms with Gasteiger partial charge in [-0.1, -0.05) is 19.3 Å². The normalized spacial score (nSPS) is 25.2. The molecule has 0 radical (unpaired) electrons. The number of carbonyl (C=O) groups is 1. The van der Waals surface area contributed by atoms with Crippen LogP contribution in [0.5, 0.6) is 0 Å². The van der Waals surface area contributed by atoms with Gasteiger partial charge in [0, 0.05) is 5.54 Å². The molecule has 0 amide bonds. The molecule has 1 saturated carbocycles. The Morgan fingerprint density at radius 1 is 1.16 bits per heavy atom. The third-order valence-corrected chi connectivity index (χ3v) is 5.12. The molecule has 0 aromatic carbocycles. The molecule has 2 fully saturated rings. The Hall–Kier alpha value is -0.570. The number of esters is 1. The summed E-state index contributed by atoms with van der Waals surface area (Å²) in [5, 5.41) is 0. The van der Waals surface area contributed by atoms with E-state index in [0.29, 0.717) is 18.9 Å². The molecule has 1 unspecified atom stereocenters. The first-order valence-electron chi connectivity index (χ1n) is 8.07. The predicted octanol–water partition coefficient (Wildman–Crippen LogP) is 3.37. The van der Waals surface area contributed by atoms with Crippen LogP contribution in [-0.2, 0) is 9.53 Å². The highest BCUT2D eigenvalue weighted by atomic mass is 16.5. The van der Waals surface area contributed by atoms with E-state index in [0.717, 1.165) is 13.1 Å². The molecule has 2 aliphatic rings. The van der Waals surface area contributed by atoms with E-state index in [1.165, 1.54) is 44.9 Å². The predicted molar refractivity (Wildman–Crippen MR) is 77.0 cm³/mol. The lowest BCUT2D eigenvalue weighted by molar-refractivity contribution is -0.147. The smallest absolute Gasteiger partial charge is 0.307 e. The van der Waals surface area contributed by atoms with E-state index in [1.54, 1.807) is 0 Å². The quantitative estimate of drug-likeness (QED) is 0.715. The average Bonchev–Trinajstić information content (AvgIpc) is 2.94. The van der Waals surface area contributed by atoms with Crippen LogP contribution in [0, 0.1) is 5.92 Å². The van der Waals surface area contributed by atoms with Crippen LogP contribution in [0.15, 0.2) is 0 Å². The summed E-state index contributed by atoms with van der Waals surface area (Å²) >= 11 is 0. The highest BCUT2D eigenvalue weighted by Gasteiger charge is 2.42. The fourth-order valence-corrected chi connectivity index (χ4v) is 3.97. The van der Waals surface area contributed by atoms with Gasteiger partial charge in [-0.25, -0.2) is 0 Å². The highest BCUT2D eigenvalue weighted by Crippen LogP contribution is 2.40. The maximum atomic E-state index is 12.0. The Morgan fingerprint density at radius 3 is 2.37 bits per heavy atom. The molecule has 2 rings (SSSR count). The van der Waals surface area contributed by atoms with Gasteiger partial charge in [0.15, 0.2) is 0 Å². The molecule has 0 spiro atoms. The highest BCUT2D eigenvalue weighted by molar-refractivity contribution is 5.71. The van der Waals surface area contributed by atoms with Crippen LogP contribution >= 0.6 is 0 Å². The van der Waals surface area contributed by atoms with Gasteiger partial charge in [0.25, 0.3) is 0 Å². The van der Waals surface area contributed by atoms with Crippen LogP contribution in [0.25, 0.3) is 0 Å². The van der Waals surface area contributed by atoms with Gasteiger partial charge in [0.05, 0.1) is 13.0 Å². The SMILES string of the molecule is CCOC(=O)CC(C)(C1CCCCC1)N1CCCC1. The van der Waals surface area contributed by atoms with Crippen molar-refractivity contribution in [2.24, 2.45) is 5.92 Å². The molecule has 0 N–H and O–H groups in total. The number of rotatable bonds is 5. The minimum atomic E-state index is -0.0116. The van der Waals surface area contributed by atoms with Gasteiger partial charge < -0.3 is 4.74 Å². The van der Waals surface area contributed by atoms with Gasteiger partial charge in [-0.05, 0) is 58.5 Å². The van der Waals surface area contributed by atoms with Crippen molar-refractivity contribution in [2.45, 2.75) is 70.8 Å². The third-order valence-electron chi connectivity index (χ3n) is 5.12. The number of nitrogens with zero attached hydrogens (tertiary/aromatic N) is 1. The molecule has 1 heterocycles. The monoisotopic (exact) mass is 267 g/mol. The van der Waals surface area contributed by atoms with E-state index in [1.807, 2.05) is 6.92 Å². The standard InChI is InChI=1S/C16H29NO2/c1-3-19-15(18)13-16(2,17-11-7-8-12-17)14-9-5-4-6-10-14/h14H,3-13H2,1-2H3. The fraction of sp³-hybridized carbons (Fsp3) is 0.938. The van der Waals surface area contributed by atoms with Crippen molar-refractivity contribution in [3.05, 3.63) is 0 Å². The molecular formula is C16H29NO2. The first kappa shape index (κ1) is 14.8. The Morgan fingerprint density at radius 2 is 1.79 bits per heavy atom. The number of hydrogen-bond donors (Lipinski definition) is 0. The van der Waals surface area contributed by atoms with Crippen molar-refractivity contribution in [1.29, 1.82) is 0 Å². The largest absolute Gasteiger partial charge is 0.466 e. The molecule has 1 atom stereocenters. The summed E-state index contributed by atoms with van der Waals surface area (Å²) in [6.07, 6.45) is 9.74. The zero-order valence-electron chi connectivity index (χ0n) is 12.6. The van der Waals surface area contributed by atoms with Crippen LogP contribution in [0.2, 0.25) is 0 Å². The van der Waals surface area contributed by atoms with Crippen molar-refractivity contribution >= 4 is 5.97 Å². The minimum absolute atomic E-state index is 0.0116. The molecule has 19 heavy (non-hydrogen) atoms.